The third-order valence-corrected chi connectivity index (χ3v) is 8.57. The smallest absolute Gasteiger partial charge is 0.223 e. The molecule has 2 saturated carbocycles. The number of hydrogen-bond donors (Lipinski definition) is 1. The zero-order chi connectivity index (χ0) is 18.6. The molecule has 0 spiro atoms. The zero-order valence-electron chi connectivity index (χ0n) is 16.5. The number of hydrogen-bond acceptors (Lipinski definition) is 2. The summed E-state index contributed by atoms with van der Waals surface area (Å²) in [5, 5.41) is 3.03. The van der Waals surface area contributed by atoms with Crippen LogP contribution in [0.1, 0.15) is 64.4 Å². The van der Waals surface area contributed by atoms with Gasteiger partial charge in [0.05, 0.1) is 0 Å². The number of nitrogens with zero attached hydrogens (tertiary/aromatic N) is 1. The van der Waals surface area contributed by atoms with Crippen molar-refractivity contribution in [3.8, 4) is 0 Å². The maximum atomic E-state index is 12.0. The average Bonchev–Trinajstić information content (AvgIpc) is 2.95. The molecule has 3 unspecified atom stereocenters. The van der Waals surface area contributed by atoms with Gasteiger partial charge in [0.1, 0.15) is 0 Å². The molecule has 1 N–H and O–H groups in total. The summed E-state index contributed by atoms with van der Waals surface area (Å²) in [4.78, 5) is 16.4. The second-order valence-electron chi connectivity index (χ2n) is 9.62. The molecule has 3 aliphatic carbocycles. The van der Waals surface area contributed by atoms with Crippen molar-refractivity contribution in [3.05, 3.63) is 47.9 Å². The fraction of sp³-hybridized carbons (Fsp3) is 0.583. The Kier molecular flexibility index (Phi) is 3.86. The zero-order valence-corrected chi connectivity index (χ0v) is 16.5. The van der Waals surface area contributed by atoms with E-state index in [0.717, 1.165) is 24.7 Å². The topological polar surface area (TPSA) is 42.0 Å². The van der Waals surface area contributed by atoms with Crippen LogP contribution in [0.25, 0.3) is 5.57 Å². The first-order valence-electron chi connectivity index (χ1n) is 10.6. The van der Waals surface area contributed by atoms with Crippen LogP contribution in [0.2, 0.25) is 0 Å². The maximum absolute atomic E-state index is 12.0. The number of carbonyl (C=O) groups is 1. The summed E-state index contributed by atoms with van der Waals surface area (Å²) < 4.78 is 0. The molecular weight excluding hydrogens is 332 g/mol. The van der Waals surface area contributed by atoms with Crippen molar-refractivity contribution >= 4 is 11.5 Å². The number of aromatic nitrogens is 1. The third kappa shape index (κ3) is 2.47. The molecule has 142 valence electrons. The lowest BCUT2D eigenvalue weighted by Gasteiger charge is -2.57. The Hall–Kier alpha value is -1.90. The van der Waals surface area contributed by atoms with Crippen LogP contribution in [0.5, 0.6) is 0 Å². The summed E-state index contributed by atoms with van der Waals surface area (Å²) in [5.41, 5.74) is 4.81. The van der Waals surface area contributed by atoms with Crippen molar-refractivity contribution in [3.63, 3.8) is 0 Å². The summed E-state index contributed by atoms with van der Waals surface area (Å²) in [5.74, 6) is 2.41. The van der Waals surface area contributed by atoms with Crippen LogP contribution in [0.15, 0.2) is 42.4 Å². The van der Waals surface area contributed by atoms with Crippen LogP contribution in [-0.2, 0) is 4.79 Å². The number of rotatable bonds is 1. The van der Waals surface area contributed by atoms with Gasteiger partial charge in [-0.2, -0.15) is 0 Å². The van der Waals surface area contributed by atoms with E-state index in [1.807, 2.05) is 12.4 Å². The molecule has 1 aliphatic heterocycles. The highest BCUT2D eigenvalue weighted by Crippen LogP contribution is 2.66. The molecule has 1 aromatic heterocycles. The Labute approximate surface area is 162 Å². The van der Waals surface area contributed by atoms with Crippen LogP contribution >= 0.6 is 0 Å². The van der Waals surface area contributed by atoms with Crippen LogP contribution in [0.4, 0.5) is 0 Å². The SMILES string of the molecule is C[C@]12CCC(=O)NC=C1CCC1C2CC[C@]2(C)C(c3cccnc3)=CCC12. The van der Waals surface area contributed by atoms with Gasteiger partial charge in [-0.15, -0.1) is 0 Å². The summed E-state index contributed by atoms with van der Waals surface area (Å²) in [6.45, 7) is 4.95. The van der Waals surface area contributed by atoms with Gasteiger partial charge in [0.25, 0.3) is 0 Å². The number of nitrogens with one attached hydrogen (secondary N) is 1. The summed E-state index contributed by atoms with van der Waals surface area (Å²) in [6.07, 6.45) is 16.3. The van der Waals surface area contributed by atoms with Gasteiger partial charge in [-0.05, 0) is 89.9 Å². The maximum Gasteiger partial charge on any atom is 0.223 e. The molecule has 0 saturated heterocycles. The third-order valence-electron chi connectivity index (χ3n) is 8.57. The number of carbonyl (C=O) groups excluding carboxylic acids is 1. The molecule has 1 aromatic rings. The van der Waals surface area contributed by atoms with Crippen molar-refractivity contribution in [2.24, 2.45) is 28.6 Å². The van der Waals surface area contributed by atoms with Crippen molar-refractivity contribution in [2.75, 3.05) is 0 Å². The molecule has 2 fully saturated rings. The molecule has 3 nitrogen and oxygen atoms in total. The molecule has 1 amide bonds. The first-order chi connectivity index (χ1) is 13.0. The first-order valence-corrected chi connectivity index (χ1v) is 10.6. The summed E-state index contributed by atoms with van der Waals surface area (Å²) in [6, 6.07) is 4.29. The minimum atomic E-state index is 0.191. The molecule has 2 heterocycles. The van der Waals surface area contributed by atoms with E-state index >= 15 is 0 Å². The van der Waals surface area contributed by atoms with E-state index in [0.29, 0.717) is 12.3 Å². The number of pyridine rings is 1. The van der Waals surface area contributed by atoms with Gasteiger partial charge in [-0.25, -0.2) is 0 Å². The normalized spacial score (nSPS) is 40.7. The fourth-order valence-corrected chi connectivity index (χ4v) is 7.06. The lowest BCUT2D eigenvalue weighted by atomic mass is 9.47. The fourth-order valence-electron chi connectivity index (χ4n) is 7.06. The van der Waals surface area contributed by atoms with Crippen LogP contribution in [-0.4, -0.2) is 10.9 Å². The van der Waals surface area contributed by atoms with Crippen molar-refractivity contribution in [1.82, 2.24) is 10.3 Å². The largest absolute Gasteiger partial charge is 0.333 e. The minimum Gasteiger partial charge on any atom is -0.333 e. The van der Waals surface area contributed by atoms with E-state index in [4.69, 9.17) is 0 Å². The highest BCUT2D eigenvalue weighted by Gasteiger charge is 2.56. The standard InChI is InChI=1S/C24H30N2O/c1-23-12-10-22(27)26-15-17(23)5-6-18-20-8-7-19(16-4-3-13-25-14-16)24(20,2)11-9-21(18)23/h3-4,7,13-15,18,20-21H,5-6,8-12H2,1-2H3,(H,26,27)/t18?,20?,21?,23-,24+/m0/s1. The number of amides is 1. The van der Waals surface area contributed by atoms with E-state index in [1.54, 1.807) is 0 Å². The minimum absolute atomic E-state index is 0.191. The summed E-state index contributed by atoms with van der Waals surface area (Å²) in [7, 11) is 0. The van der Waals surface area contributed by atoms with Gasteiger partial charge < -0.3 is 5.32 Å². The second kappa shape index (κ2) is 6.05. The van der Waals surface area contributed by atoms with E-state index in [9.17, 15) is 4.79 Å². The molecule has 0 bridgehead atoms. The molecule has 0 radical (unpaired) electrons. The Morgan fingerprint density at radius 1 is 1.11 bits per heavy atom. The second-order valence-corrected chi connectivity index (χ2v) is 9.62. The summed E-state index contributed by atoms with van der Waals surface area (Å²) >= 11 is 0. The van der Waals surface area contributed by atoms with Gasteiger partial charge >= 0.3 is 0 Å². The van der Waals surface area contributed by atoms with Crippen molar-refractivity contribution in [1.29, 1.82) is 0 Å². The molecule has 4 aliphatic rings. The predicted molar refractivity (Wildman–Crippen MR) is 107 cm³/mol. The van der Waals surface area contributed by atoms with Crippen LogP contribution in [0.3, 0.4) is 0 Å². The predicted octanol–water partition coefficient (Wildman–Crippen LogP) is 5.11. The lowest BCUT2D eigenvalue weighted by molar-refractivity contribution is -0.120. The van der Waals surface area contributed by atoms with Gasteiger partial charge in [0, 0.05) is 25.0 Å². The van der Waals surface area contributed by atoms with E-state index < -0.39 is 0 Å². The Bertz CT molecular complexity index is 826. The van der Waals surface area contributed by atoms with E-state index in [-0.39, 0.29) is 16.7 Å². The molecule has 0 aromatic carbocycles. The number of fused-ring (bicyclic) bond motifs is 5. The van der Waals surface area contributed by atoms with Crippen molar-refractivity contribution < 1.29 is 4.79 Å². The molecule has 27 heavy (non-hydrogen) atoms. The van der Waals surface area contributed by atoms with Crippen LogP contribution < -0.4 is 5.32 Å². The quantitative estimate of drug-likeness (QED) is 0.754. The Balaban J connectivity index is 1.47. The lowest BCUT2D eigenvalue weighted by Crippen LogP contribution is -2.48. The Morgan fingerprint density at radius 2 is 2.00 bits per heavy atom. The molecule has 3 heteroatoms. The molecule has 5 rings (SSSR count). The van der Waals surface area contributed by atoms with Gasteiger partial charge in [-0.3, -0.25) is 9.78 Å². The van der Waals surface area contributed by atoms with E-state index in [2.05, 4.69) is 48.6 Å². The van der Waals surface area contributed by atoms with Gasteiger partial charge in [0.15, 0.2) is 0 Å². The van der Waals surface area contributed by atoms with Gasteiger partial charge in [-0.1, -0.05) is 26.0 Å². The van der Waals surface area contributed by atoms with E-state index in [1.165, 1.54) is 42.4 Å². The Morgan fingerprint density at radius 3 is 2.81 bits per heavy atom. The highest BCUT2D eigenvalue weighted by atomic mass is 16.1. The molecule has 5 atom stereocenters. The monoisotopic (exact) mass is 362 g/mol. The van der Waals surface area contributed by atoms with Crippen molar-refractivity contribution in [2.45, 2.75) is 58.8 Å². The average molecular weight is 363 g/mol. The molecular formula is C24H30N2O. The number of allylic oxidation sites excluding steroid dienone is 3. The van der Waals surface area contributed by atoms with Gasteiger partial charge in [0.2, 0.25) is 5.91 Å². The highest BCUT2D eigenvalue weighted by molar-refractivity contribution is 5.77. The first kappa shape index (κ1) is 17.2. The van der Waals surface area contributed by atoms with Crippen LogP contribution in [0, 0.1) is 28.6 Å².